The molecule has 0 amide bonds. The Hall–Kier alpha value is -2.61. The molecule has 27 heavy (non-hydrogen) atoms. The third-order valence-electron chi connectivity index (χ3n) is 4.82. The number of esters is 1. The number of hydrogen-bond acceptors (Lipinski definition) is 6. The summed E-state index contributed by atoms with van der Waals surface area (Å²) in [6, 6.07) is 7.45. The van der Waals surface area contributed by atoms with Crippen LogP contribution in [0.25, 0.3) is 0 Å². The second kappa shape index (κ2) is 7.19. The molecule has 1 fully saturated rings. The monoisotopic (exact) mass is 391 g/mol. The number of carbonyl (C=O) groups is 2. The molecule has 2 heterocycles. The van der Waals surface area contributed by atoms with E-state index in [-0.39, 0.29) is 34.6 Å². The van der Waals surface area contributed by atoms with Gasteiger partial charge in [0.2, 0.25) is 5.78 Å². The highest BCUT2D eigenvalue weighted by molar-refractivity contribution is 7.91. The smallest absolute Gasteiger partial charge is 0.342 e. The van der Waals surface area contributed by atoms with Gasteiger partial charge in [-0.2, -0.15) is 0 Å². The molecular weight excluding hydrogens is 370 g/mol. The number of ether oxygens (including phenoxy) is 1. The molecule has 0 spiro atoms. The van der Waals surface area contributed by atoms with Crippen LogP contribution in [0.3, 0.4) is 0 Å². The summed E-state index contributed by atoms with van der Waals surface area (Å²) in [6.07, 6.45) is 0.522. The molecule has 1 aliphatic rings. The molecule has 0 aliphatic carbocycles. The average Bonchev–Trinajstić information content (AvgIpc) is 3.11. The van der Waals surface area contributed by atoms with Crippen molar-refractivity contribution in [2.75, 3.05) is 18.1 Å². The fourth-order valence-electron chi connectivity index (χ4n) is 3.53. The molecular formula is C19H21NO6S. The van der Waals surface area contributed by atoms with Crippen molar-refractivity contribution in [2.24, 2.45) is 0 Å². The normalized spacial score (nSPS) is 18.4. The van der Waals surface area contributed by atoms with E-state index in [0.717, 1.165) is 5.69 Å². The number of benzene rings is 1. The van der Waals surface area contributed by atoms with Crippen molar-refractivity contribution in [1.29, 1.82) is 0 Å². The Morgan fingerprint density at radius 2 is 1.93 bits per heavy atom. The van der Waals surface area contributed by atoms with Gasteiger partial charge in [-0.05, 0) is 38.5 Å². The number of para-hydroxylation sites is 1. The van der Waals surface area contributed by atoms with Crippen molar-refractivity contribution >= 4 is 21.6 Å². The lowest BCUT2D eigenvalue weighted by Crippen LogP contribution is -2.17. The van der Waals surface area contributed by atoms with Crippen LogP contribution in [0.4, 0.5) is 0 Å². The average molecular weight is 391 g/mol. The predicted molar refractivity (Wildman–Crippen MR) is 98.9 cm³/mol. The highest BCUT2D eigenvalue weighted by Crippen LogP contribution is 2.29. The van der Waals surface area contributed by atoms with Gasteiger partial charge in [0.05, 0.1) is 11.5 Å². The van der Waals surface area contributed by atoms with Crippen LogP contribution in [-0.4, -0.2) is 48.0 Å². The standard InChI is InChI=1S/C19H21NO6S/c1-12-9-16(13(2)20(12)14-7-8-27(24,25)11-14)18(22)10-26-19(23)15-5-3-4-6-17(15)21/h3-6,9,14,21H,7-8,10-11H2,1-2H3/t14-/m0/s1. The van der Waals surface area contributed by atoms with Crippen molar-refractivity contribution in [2.45, 2.75) is 26.3 Å². The van der Waals surface area contributed by atoms with Gasteiger partial charge in [-0.25, -0.2) is 13.2 Å². The summed E-state index contributed by atoms with van der Waals surface area (Å²) in [5.74, 6) is -1.15. The van der Waals surface area contributed by atoms with Gasteiger partial charge in [-0.15, -0.1) is 0 Å². The highest BCUT2D eigenvalue weighted by atomic mass is 32.2. The van der Waals surface area contributed by atoms with E-state index in [2.05, 4.69) is 0 Å². The Morgan fingerprint density at radius 3 is 2.56 bits per heavy atom. The van der Waals surface area contributed by atoms with E-state index in [1.54, 1.807) is 25.1 Å². The number of Topliss-reactive ketones (excluding diaryl/α,β-unsaturated/α-hetero) is 1. The zero-order valence-electron chi connectivity index (χ0n) is 15.1. The second-order valence-electron chi connectivity index (χ2n) is 6.73. The number of rotatable bonds is 5. The number of sulfone groups is 1. The minimum Gasteiger partial charge on any atom is -0.507 e. The zero-order chi connectivity index (χ0) is 19.8. The molecule has 1 aromatic carbocycles. The Kier molecular flexibility index (Phi) is 5.10. The SMILES string of the molecule is Cc1cc(C(=O)COC(=O)c2ccccc2O)c(C)n1[C@H]1CCS(=O)(=O)C1. The van der Waals surface area contributed by atoms with Gasteiger partial charge in [0.25, 0.3) is 0 Å². The maximum Gasteiger partial charge on any atom is 0.342 e. The first-order valence-electron chi connectivity index (χ1n) is 8.57. The van der Waals surface area contributed by atoms with Crippen LogP contribution in [-0.2, 0) is 14.6 Å². The van der Waals surface area contributed by atoms with E-state index in [0.29, 0.717) is 17.7 Å². The lowest BCUT2D eigenvalue weighted by Gasteiger charge is -2.16. The molecule has 1 saturated heterocycles. The Balaban J connectivity index is 1.73. The van der Waals surface area contributed by atoms with E-state index >= 15 is 0 Å². The zero-order valence-corrected chi connectivity index (χ0v) is 16.0. The molecule has 0 saturated carbocycles. The maximum absolute atomic E-state index is 12.5. The van der Waals surface area contributed by atoms with Gasteiger partial charge >= 0.3 is 5.97 Å². The number of aryl methyl sites for hydroxylation is 1. The number of hydrogen-bond donors (Lipinski definition) is 1. The van der Waals surface area contributed by atoms with Crippen LogP contribution >= 0.6 is 0 Å². The van der Waals surface area contributed by atoms with E-state index in [4.69, 9.17) is 4.74 Å². The Labute approximate surface area is 157 Å². The third-order valence-corrected chi connectivity index (χ3v) is 6.57. The van der Waals surface area contributed by atoms with Gasteiger partial charge in [0.1, 0.15) is 11.3 Å². The Morgan fingerprint density at radius 1 is 1.22 bits per heavy atom. The van der Waals surface area contributed by atoms with Crippen molar-refractivity contribution in [3.05, 3.63) is 52.8 Å². The van der Waals surface area contributed by atoms with Crippen LogP contribution in [0, 0.1) is 13.8 Å². The molecule has 1 aromatic heterocycles. The fourth-order valence-corrected chi connectivity index (χ4v) is 5.23. The highest BCUT2D eigenvalue weighted by Gasteiger charge is 2.31. The largest absolute Gasteiger partial charge is 0.507 e. The van der Waals surface area contributed by atoms with Crippen LogP contribution < -0.4 is 0 Å². The van der Waals surface area contributed by atoms with Crippen LogP contribution in [0.5, 0.6) is 5.75 Å². The molecule has 0 unspecified atom stereocenters. The van der Waals surface area contributed by atoms with Crippen LogP contribution in [0.1, 0.15) is 44.6 Å². The summed E-state index contributed by atoms with van der Waals surface area (Å²) in [5, 5.41) is 9.67. The molecule has 7 nitrogen and oxygen atoms in total. The summed E-state index contributed by atoms with van der Waals surface area (Å²) < 4.78 is 30.4. The number of aromatic nitrogens is 1. The third kappa shape index (κ3) is 3.90. The lowest BCUT2D eigenvalue weighted by atomic mass is 10.1. The molecule has 0 radical (unpaired) electrons. The molecule has 1 atom stereocenters. The van der Waals surface area contributed by atoms with Crippen molar-refractivity contribution in [1.82, 2.24) is 4.57 Å². The fraction of sp³-hybridized carbons (Fsp3) is 0.368. The van der Waals surface area contributed by atoms with E-state index < -0.39 is 22.4 Å². The summed E-state index contributed by atoms with van der Waals surface area (Å²) in [6.45, 7) is 3.12. The van der Waals surface area contributed by atoms with Crippen LogP contribution in [0.2, 0.25) is 0 Å². The minimum absolute atomic E-state index is 0.00747. The first-order chi connectivity index (χ1) is 12.7. The van der Waals surface area contributed by atoms with Gasteiger partial charge in [-0.3, -0.25) is 4.79 Å². The number of ketones is 1. The number of aromatic hydroxyl groups is 1. The summed E-state index contributed by atoms with van der Waals surface area (Å²) >= 11 is 0. The van der Waals surface area contributed by atoms with Crippen molar-refractivity contribution in [3.63, 3.8) is 0 Å². The first kappa shape index (κ1) is 19.2. The van der Waals surface area contributed by atoms with Crippen LogP contribution in [0.15, 0.2) is 30.3 Å². The first-order valence-corrected chi connectivity index (χ1v) is 10.4. The molecule has 1 N–H and O–H groups in total. The number of nitrogens with zero attached hydrogens (tertiary/aromatic N) is 1. The van der Waals surface area contributed by atoms with E-state index in [1.807, 2.05) is 11.5 Å². The lowest BCUT2D eigenvalue weighted by molar-refractivity contribution is 0.0471. The summed E-state index contributed by atoms with van der Waals surface area (Å²) in [7, 11) is -3.04. The number of carbonyl (C=O) groups excluding carboxylic acids is 2. The van der Waals surface area contributed by atoms with E-state index in [9.17, 15) is 23.1 Å². The Bertz CT molecular complexity index is 1010. The summed E-state index contributed by atoms with van der Waals surface area (Å²) in [4.78, 5) is 24.6. The predicted octanol–water partition coefficient (Wildman–Crippen LogP) is 2.21. The topological polar surface area (TPSA) is 103 Å². The van der Waals surface area contributed by atoms with Crippen molar-refractivity contribution in [3.8, 4) is 5.75 Å². The van der Waals surface area contributed by atoms with Gasteiger partial charge in [0, 0.05) is 23.0 Å². The second-order valence-corrected chi connectivity index (χ2v) is 8.96. The number of phenolic OH excluding ortho intramolecular Hbond substituents is 1. The van der Waals surface area contributed by atoms with Crippen molar-refractivity contribution < 1.29 is 27.9 Å². The van der Waals surface area contributed by atoms with Gasteiger partial charge in [0.15, 0.2) is 16.4 Å². The molecule has 2 aromatic rings. The molecule has 0 bridgehead atoms. The molecule has 3 rings (SSSR count). The van der Waals surface area contributed by atoms with Gasteiger partial charge in [-0.1, -0.05) is 12.1 Å². The van der Waals surface area contributed by atoms with E-state index in [1.165, 1.54) is 12.1 Å². The number of phenols is 1. The molecule has 144 valence electrons. The molecule has 1 aliphatic heterocycles. The summed E-state index contributed by atoms with van der Waals surface area (Å²) in [5.41, 5.74) is 1.86. The molecule has 8 heteroatoms. The quantitative estimate of drug-likeness (QED) is 0.619. The minimum atomic E-state index is -3.04. The maximum atomic E-state index is 12.5. The van der Waals surface area contributed by atoms with Gasteiger partial charge < -0.3 is 14.4 Å².